The zero-order valence-electron chi connectivity index (χ0n) is 12.4. The van der Waals surface area contributed by atoms with Gasteiger partial charge >= 0.3 is 0 Å². The molecule has 2 rings (SSSR count). The van der Waals surface area contributed by atoms with E-state index in [2.05, 4.69) is 10.6 Å². The topological polar surface area (TPSA) is 91.6 Å². The molecule has 1 aliphatic rings. The van der Waals surface area contributed by atoms with Crippen molar-refractivity contribution in [2.45, 2.75) is 45.2 Å². The van der Waals surface area contributed by atoms with Crippen molar-refractivity contribution in [1.82, 2.24) is 10.6 Å². The number of aliphatic hydroxyl groups excluding tert-OH is 1. The van der Waals surface area contributed by atoms with E-state index in [0.717, 1.165) is 19.3 Å². The van der Waals surface area contributed by atoms with Crippen LogP contribution in [0.1, 0.15) is 43.5 Å². The number of carbonyl (C=O) groups excluding carboxylic acids is 2. The third-order valence-corrected chi connectivity index (χ3v) is 4.28. The molecule has 0 aromatic carbocycles. The standard InChI is InChI=1S/C15H22N2O4/c1-10(16-14(20)11-5-7-21-8-11)13(19)17-12-4-3-6-15(12,2)9-18/h5,7-8,10,12,18H,3-4,6,9H2,1-2H3,(H,16,20)(H,17,19)/t10-,12+,15-/m0/s1. The molecule has 1 saturated carbocycles. The highest BCUT2D eigenvalue weighted by Crippen LogP contribution is 2.37. The number of hydrogen-bond donors (Lipinski definition) is 3. The molecule has 0 saturated heterocycles. The van der Waals surface area contributed by atoms with Gasteiger partial charge in [0.1, 0.15) is 12.3 Å². The predicted octanol–water partition coefficient (Wildman–Crippen LogP) is 1.07. The van der Waals surface area contributed by atoms with Gasteiger partial charge in [0, 0.05) is 11.5 Å². The summed E-state index contributed by atoms with van der Waals surface area (Å²) >= 11 is 0. The van der Waals surface area contributed by atoms with Gasteiger partial charge in [-0.3, -0.25) is 9.59 Å². The second-order valence-electron chi connectivity index (χ2n) is 5.97. The molecule has 6 nitrogen and oxygen atoms in total. The van der Waals surface area contributed by atoms with Gasteiger partial charge in [-0.2, -0.15) is 0 Å². The smallest absolute Gasteiger partial charge is 0.255 e. The third kappa shape index (κ3) is 3.44. The van der Waals surface area contributed by atoms with Crippen LogP contribution in [-0.2, 0) is 4.79 Å². The highest BCUT2D eigenvalue weighted by molar-refractivity contribution is 5.97. The lowest BCUT2D eigenvalue weighted by molar-refractivity contribution is -0.124. The highest BCUT2D eigenvalue weighted by atomic mass is 16.3. The van der Waals surface area contributed by atoms with Gasteiger partial charge in [0.25, 0.3) is 5.91 Å². The van der Waals surface area contributed by atoms with Crippen molar-refractivity contribution in [3.05, 3.63) is 24.2 Å². The minimum absolute atomic E-state index is 0.0493. The summed E-state index contributed by atoms with van der Waals surface area (Å²) in [6, 6.07) is 0.846. The van der Waals surface area contributed by atoms with E-state index in [-0.39, 0.29) is 29.9 Å². The Balaban J connectivity index is 1.89. The van der Waals surface area contributed by atoms with E-state index in [0.29, 0.717) is 5.56 Å². The Hall–Kier alpha value is -1.82. The maximum absolute atomic E-state index is 12.2. The van der Waals surface area contributed by atoms with Gasteiger partial charge in [-0.15, -0.1) is 0 Å². The molecule has 3 atom stereocenters. The highest BCUT2D eigenvalue weighted by Gasteiger charge is 2.39. The summed E-state index contributed by atoms with van der Waals surface area (Å²) in [5, 5.41) is 15.0. The molecule has 116 valence electrons. The van der Waals surface area contributed by atoms with E-state index < -0.39 is 6.04 Å². The average Bonchev–Trinajstić information content (AvgIpc) is 3.10. The first-order valence-corrected chi connectivity index (χ1v) is 7.20. The summed E-state index contributed by atoms with van der Waals surface area (Å²) in [4.78, 5) is 24.0. The SMILES string of the molecule is C[C@H](NC(=O)c1ccoc1)C(=O)N[C@@H]1CCC[C@@]1(C)CO. The number of rotatable bonds is 5. The van der Waals surface area contributed by atoms with E-state index in [4.69, 9.17) is 4.42 Å². The van der Waals surface area contributed by atoms with E-state index >= 15 is 0 Å². The van der Waals surface area contributed by atoms with Crippen molar-refractivity contribution in [1.29, 1.82) is 0 Å². The van der Waals surface area contributed by atoms with E-state index in [1.807, 2.05) is 6.92 Å². The third-order valence-electron chi connectivity index (χ3n) is 4.28. The number of aliphatic hydroxyl groups is 1. The summed E-state index contributed by atoms with van der Waals surface area (Å²) in [7, 11) is 0. The monoisotopic (exact) mass is 294 g/mol. The molecule has 0 aliphatic heterocycles. The molecule has 0 unspecified atom stereocenters. The first-order valence-electron chi connectivity index (χ1n) is 7.20. The van der Waals surface area contributed by atoms with Crippen molar-refractivity contribution < 1.29 is 19.1 Å². The number of amides is 2. The van der Waals surface area contributed by atoms with Gasteiger partial charge in [-0.05, 0) is 25.8 Å². The molecular formula is C15H22N2O4. The second kappa shape index (κ2) is 6.30. The molecule has 3 N–H and O–H groups in total. The van der Waals surface area contributed by atoms with Crippen LogP contribution in [0.15, 0.2) is 23.0 Å². The molecule has 21 heavy (non-hydrogen) atoms. The fourth-order valence-corrected chi connectivity index (χ4v) is 2.70. The molecule has 1 heterocycles. The Labute approximate surface area is 123 Å². The zero-order valence-corrected chi connectivity index (χ0v) is 12.4. The number of hydrogen-bond acceptors (Lipinski definition) is 4. The molecule has 1 aromatic rings. The Morgan fingerprint density at radius 1 is 1.57 bits per heavy atom. The quantitative estimate of drug-likeness (QED) is 0.757. The molecular weight excluding hydrogens is 272 g/mol. The van der Waals surface area contributed by atoms with Crippen molar-refractivity contribution in [2.75, 3.05) is 6.61 Å². The van der Waals surface area contributed by atoms with Crippen LogP contribution in [0, 0.1) is 5.41 Å². The summed E-state index contributed by atoms with van der Waals surface area (Å²) in [6.07, 6.45) is 5.47. The first kappa shape index (κ1) is 15.6. The molecule has 1 fully saturated rings. The Bertz CT molecular complexity index is 500. The zero-order chi connectivity index (χ0) is 15.5. The summed E-state index contributed by atoms with van der Waals surface area (Å²) in [5.74, 6) is -0.582. The van der Waals surface area contributed by atoms with Crippen LogP contribution in [0.2, 0.25) is 0 Å². The van der Waals surface area contributed by atoms with Crippen molar-refractivity contribution >= 4 is 11.8 Å². The normalized spacial score (nSPS) is 26.3. The van der Waals surface area contributed by atoms with Crippen LogP contribution >= 0.6 is 0 Å². The fraction of sp³-hybridized carbons (Fsp3) is 0.600. The maximum Gasteiger partial charge on any atom is 0.255 e. The Morgan fingerprint density at radius 3 is 2.95 bits per heavy atom. The summed E-state index contributed by atoms with van der Waals surface area (Å²) in [6.45, 7) is 3.66. The van der Waals surface area contributed by atoms with Gasteiger partial charge < -0.3 is 20.2 Å². The number of carbonyl (C=O) groups is 2. The van der Waals surface area contributed by atoms with Gasteiger partial charge in [-0.25, -0.2) is 0 Å². The van der Waals surface area contributed by atoms with Crippen molar-refractivity contribution in [3.63, 3.8) is 0 Å². The lowest BCUT2D eigenvalue weighted by Gasteiger charge is -2.31. The largest absolute Gasteiger partial charge is 0.472 e. The van der Waals surface area contributed by atoms with E-state index in [9.17, 15) is 14.7 Å². The number of furan rings is 1. The first-order chi connectivity index (χ1) is 9.96. The van der Waals surface area contributed by atoms with Crippen molar-refractivity contribution in [3.8, 4) is 0 Å². The van der Waals surface area contributed by atoms with Gasteiger partial charge in [0.15, 0.2) is 0 Å². The van der Waals surface area contributed by atoms with Crippen LogP contribution in [-0.4, -0.2) is 35.6 Å². The van der Waals surface area contributed by atoms with Gasteiger partial charge in [0.05, 0.1) is 18.4 Å². The lowest BCUT2D eigenvalue weighted by atomic mass is 9.85. The van der Waals surface area contributed by atoms with Crippen LogP contribution < -0.4 is 10.6 Å². The molecule has 0 radical (unpaired) electrons. The molecule has 2 amide bonds. The van der Waals surface area contributed by atoms with Crippen molar-refractivity contribution in [2.24, 2.45) is 5.41 Å². The van der Waals surface area contributed by atoms with Crippen LogP contribution in [0.25, 0.3) is 0 Å². The average molecular weight is 294 g/mol. The molecule has 6 heteroatoms. The number of nitrogens with one attached hydrogen (secondary N) is 2. The fourth-order valence-electron chi connectivity index (χ4n) is 2.70. The molecule has 1 aromatic heterocycles. The predicted molar refractivity (Wildman–Crippen MR) is 76.6 cm³/mol. The Kier molecular flexibility index (Phi) is 4.67. The minimum atomic E-state index is -0.643. The Morgan fingerprint density at radius 2 is 2.33 bits per heavy atom. The summed E-state index contributed by atoms with van der Waals surface area (Å²) < 4.78 is 4.84. The maximum atomic E-state index is 12.2. The summed E-state index contributed by atoms with van der Waals surface area (Å²) in [5.41, 5.74) is 0.111. The minimum Gasteiger partial charge on any atom is -0.472 e. The van der Waals surface area contributed by atoms with Gasteiger partial charge in [0.2, 0.25) is 5.91 Å². The van der Waals surface area contributed by atoms with Crippen LogP contribution in [0.3, 0.4) is 0 Å². The lowest BCUT2D eigenvalue weighted by Crippen LogP contribution is -2.51. The molecule has 0 bridgehead atoms. The van der Waals surface area contributed by atoms with Crippen LogP contribution in [0.5, 0.6) is 0 Å². The molecule has 1 aliphatic carbocycles. The second-order valence-corrected chi connectivity index (χ2v) is 5.97. The van der Waals surface area contributed by atoms with Crippen LogP contribution in [0.4, 0.5) is 0 Å². The van der Waals surface area contributed by atoms with Gasteiger partial charge in [-0.1, -0.05) is 13.3 Å². The molecule has 0 spiro atoms. The van der Waals surface area contributed by atoms with E-state index in [1.165, 1.54) is 12.5 Å². The van der Waals surface area contributed by atoms with E-state index in [1.54, 1.807) is 13.0 Å².